The van der Waals surface area contributed by atoms with Crippen molar-refractivity contribution in [2.24, 2.45) is 0 Å². The molecule has 0 aliphatic carbocycles. The molecule has 2 rings (SSSR count). The van der Waals surface area contributed by atoms with Gasteiger partial charge in [-0.05, 0) is 24.6 Å². The maximum absolute atomic E-state index is 13.0. The summed E-state index contributed by atoms with van der Waals surface area (Å²) in [6, 6.07) is 5.03. The Balaban J connectivity index is 2.01. The molecule has 0 saturated carbocycles. The lowest BCUT2D eigenvalue weighted by molar-refractivity contribution is 0.406. The van der Waals surface area contributed by atoms with E-state index in [9.17, 15) is 8.78 Å². The van der Waals surface area contributed by atoms with E-state index >= 15 is 0 Å². The number of halogens is 2. The zero-order valence-electron chi connectivity index (χ0n) is 9.28. The average molecular weight is 238 g/mol. The SMILES string of the molecule is CC(NCc1ccon1)c1cc(F)cc(F)c1. The first-order valence-corrected chi connectivity index (χ1v) is 5.24. The molecule has 5 heteroatoms. The maximum atomic E-state index is 13.0. The molecule has 0 aliphatic rings. The zero-order valence-corrected chi connectivity index (χ0v) is 9.28. The Kier molecular flexibility index (Phi) is 3.49. The first-order chi connectivity index (χ1) is 8.15. The fourth-order valence-electron chi connectivity index (χ4n) is 1.53. The van der Waals surface area contributed by atoms with Gasteiger partial charge in [0.2, 0.25) is 0 Å². The molecule has 0 radical (unpaired) electrons. The van der Waals surface area contributed by atoms with E-state index in [0.717, 1.165) is 11.8 Å². The topological polar surface area (TPSA) is 38.1 Å². The molecule has 1 atom stereocenters. The monoisotopic (exact) mass is 238 g/mol. The molecule has 90 valence electrons. The van der Waals surface area contributed by atoms with Gasteiger partial charge in [-0.15, -0.1) is 0 Å². The average Bonchev–Trinajstić information content (AvgIpc) is 2.77. The van der Waals surface area contributed by atoms with Crippen LogP contribution in [0.25, 0.3) is 0 Å². The van der Waals surface area contributed by atoms with E-state index < -0.39 is 11.6 Å². The molecule has 1 N–H and O–H groups in total. The Labute approximate surface area is 97.4 Å². The second-order valence-corrected chi connectivity index (χ2v) is 3.80. The molecule has 0 saturated heterocycles. The summed E-state index contributed by atoms with van der Waals surface area (Å²) in [6.07, 6.45) is 1.48. The van der Waals surface area contributed by atoms with Gasteiger partial charge in [0.05, 0.1) is 5.69 Å². The predicted molar refractivity (Wildman–Crippen MR) is 58.1 cm³/mol. The smallest absolute Gasteiger partial charge is 0.126 e. The first kappa shape index (κ1) is 11.7. The van der Waals surface area contributed by atoms with Crippen LogP contribution in [0.3, 0.4) is 0 Å². The van der Waals surface area contributed by atoms with Gasteiger partial charge in [0, 0.05) is 24.7 Å². The van der Waals surface area contributed by atoms with Crippen molar-refractivity contribution in [1.82, 2.24) is 10.5 Å². The summed E-state index contributed by atoms with van der Waals surface area (Å²) < 4.78 is 30.7. The van der Waals surface area contributed by atoms with Crippen LogP contribution in [0.2, 0.25) is 0 Å². The fourth-order valence-corrected chi connectivity index (χ4v) is 1.53. The van der Waals surface area contributed by atoms with Crippen molar-refractivity contribution in [2.45, 2.75) is 19.5 Å². The number of benzene rings is 1. The normalized spacial score (nSPS) is 12.6. The highest BCUT2D eigenvalue weighted by Crippen LogP contribution is 2.16. The molecule has 17 heavy (non-hydrogen) atoms. The highest BCUT2D eigenvalue weighted by Gasteiger charge is 2.08. The number of rotatable bonds is 4. The van der Waals surface area contributed by atoms with Gasteiger partial charge in [0.1, 0.15) is 17.9 Å². The van der Waals surface area contributed by atoms with E-state index in [4.69, 9.17) is 0 Å². The van der Waals surface area contributed by atoms with Gasteiger partial charge in [-0.25, -0.2) is 8.78 Å². The summed E-state index contributed by atoms with van der Waals surface area (Å²) in [7, 11) is 0. The summed E-state index contributed by atoms with van der Waals surface area (Å²) in [5.41, 5.74) is 1.31. The summed E-state index contributed by atoms with van der Waals surface area (Å²) in [5, 5.41) is 6.83. The Morgan fingerprint density at radius 2 is 2.00 bits per heavy atom. The van der Waals surface area contributed by atoms with E-state index in [1.165, 1.54) is 18.4 Å². The number of aromatic nitrogens is 1. The highest BCUT2D eigenvalue weighted by molar-refractivity contribution is 5.21. The molecular weight excluding hydrogens is 226 g/mol. The molecular formula is C12H12F2N2O. The fraction of sp³-hybridized carbons (Fsp3) is 0.250. The van der Waals surface area contributed by atoms with Crippen molar-refractivity contribution in [3.05, 3.63) is 53.4 Å². The van der Waals surface area contributed by atoms with Gasteiger partial charge in [0.15, 0.2) is 0 Å². The maximum Gasteiger partial charge on any atom is 0.126 e. The second-order valence-electron chi connectivity index (χ2n) is 3.80. The van der Waals surface area contributed by atoms with Gasteiger partial charge in [-0.1, -0.05) is 5.16 Å². The van der Waals surface area contributed by atoms with Crippen molar-refractivity contribution < 1.29 is 13.3 Å². The van der Waals surface area contributed by atoms with Gasteiger partial charge < -0.3 is 9.84 Å². The number of hydrogen-bond donors (Lipinski definition) is 1. The molecule has 0 fully saturated rings. The van der Waals surface area contributed by atoms with Crippen molar-refractivity contribution >= 4 is 0 Å². The highest BCUT2D eigenvalue weighted by atomic mass is 19.1. The lowest BCUT2D eigenvalue weighted by atomic mass is 10.1. The number of nitrogens with one attached hydrogen (secondary N) is 1. The zero-order chi connectivity index (χ0) is 12.3. The van der Waals surface area contributed by atoms with Crippen molar-refractivity contribution in [2.75, 3.05) is 0 Å². The summed E-state index contributed by atoms with van der Waals surface area (Å²) >= 11 is 0. The van der Waals surface area contributed by atoms with Gasteiger partial charge >= 0.3 is 0 Å². The third kappa shape index (κ3) is 3.10. The Bertz CT molecular complexity index is 465. The van der Waals surface area contributed by atoms with Crippen LogP contribution in [0.15, 0.2) is 35.1 Å². The van der Waals surface area contributed by atoms with Crippen LogP contribution in [-0.2, 0) is 6.54 Å². The molecule has 0 spiro atoms. The van der Waals surface area contributed by atoms with Crippen molar-refractivity contribution in [3.8, 4) is 0 Å². The molecule has 1 aromatic carbocycles. The van der Waals surface area contributed by atoms with Crippen LogP contribution in [0.5, 0.6) is 0 Å². The molecule has 0 bridgehead atoms. The van der Waals surface area contributed by atoms with E-state index in [2.05, 4.69) is 15.0 Å². The Hall–Kier alpha value is -1.75. The largest absolute Gasteiger partial charge is 0.364 e. The van der Waals surface area contributed by atoms with Crippen LogP contribution in [0.1, 0.15) is 24.2 Å². The van der Waals surface area contributed by atoms with E-state index in [-0.39, 0.29) is 6.04 Å². The van der Waals surface area contributed by atoms with Crippen LogP contribution in [0, 0.1) is 11.6 Å². The predicted octanol–water partition coefficient (Wildman–Crippen LogP) is 2.80. The van der Waals surface area contributed by atoms with Gasteiger partial charge in [-0.2, -0.15) is 0 Å². The molecule has 3 nitrogen and oxygen atoms in total. The Morgan fingerprint density at radius 1 is 1.29 bits per heavy atom. The van der Waals surface area contributed by atoms with E-state index in [1.54, 1.807) is 6.07 Å². The van der Waals surface area contributed by atoms with Crippen LogP contribution in [-0.4, -0.2) is 5.16 Å². The van der Waals surface area contributed by atoms with Gasteiger partial charge in [-0.3, -0.25) is 0 Å². The van der Waals surface area contributed by atoms with Gasteiger partial charge in [0.25, 0.3) is 0 Å². The standard InChI is InChI=1S/C12H12F2N2O/c1-8(15-7-12-2-3-17-16-12)9-4-10(13)6-11(14)5-9/h2-6,8,15H,7H2,1H3. The second kappa shape index (κ2) is 5.05. The lowest BCUT2D eigenvalue weighted by Gasteiger charge is -2.13. The third-order valence-corrected chi connectivity index (χ3v) is 2.47. The minimum absolute atomic E-state index is 0.170. The number of nitrogens with zero attached hydrogens (tertiary/aromatic N) is 1. The molecule has 0 aliphatic heterocycles. The quantitative estimate of drug-likeness (QED) is 0.890. The molecule has 2 aromatic rings. The molecule has 1 aromatic heterocycles. The Morgan fingerprint density at radius 3 is 2.59 bits per heavy atom. The summed E-state index contributed by atoms with van der Waals surface area (Å²) in [5.74, 6) is -1.15. The van der Waals surface area contributed by atoms with Crippen molar-refractivity contribution in [3.63, 3.8) is 0 Å². The summed E-state index contributed by atoms with van der Waals surface area (Å²) in [6.45, 7) is 2.31. The minimum atomic E-state index is -0.574. The van der Waals surface area contributed by atoms with Crippen LogP contribution < -0.4 is 5.32 Å². The van der Waals surface area contributed by atoms with Crippen LogP contribution in [0.4, 0.5) is 8.78 Å². The minimum Gasteiger partial charge on any atom is -0.364 e. The summed E-state index contributed by atoms with van der Waals surface area (Å²) in [4.78, 5) is 0. The van der Waals surface area contributed by atoms with E-state index in [1.807, 2.05) is 6.92 Å². The lowest BCUT2D eigenvalue weighted by Crippen LogP contribution is -2.18. The molecule has 1 unspecified atom stereocenters. The molecule has 0 amide bonds. The molecule has 1 heterocycles. The van der Waals surface area contributed by atoms with Crippen LogP contribution >= 0.6 is 0 Å². The van der Waals surface area contributed by atoms with Crippen molar-refractivity contribution in [1.29, 1.82) is 0 Å². The van der Waals surface area contributed by atoms with E-state index in [0.29, 0.717) is 12.1 Å². The number of hydrogen-bond acceptors (Lipinski definition) is 3. The third-order valence-electron chi connectivity index (χ3n) is 2.47. The first-order valence-electron chi connectivity index (χ1n) is 5.24.